The van der Waals surface area contributed by atoms with Crippen LogP contribution in [0.5, 0.6) is 11.5 Å². The second-order valence-electron chi connectivity index (χ2n) is 7.59. The molecule has 0 unspecified atom stereocenters. The van der Waals surface area contributed by atoms with E-state index in [1.807, 2.05) is 71.6 Å². The zero-order valence-electron chi connectivity index (χ0n) is 17.2. The minimum absolute atomic E-state index is 0.0253. The van der Waals surface area contributed by atoms with Crippen molar-refractivity contribution < 1.29 is 14.3 Å². The summed E-state index contributed by atoms with van der Waals surface area (Å²) in [6.45, 7) is 1.24. The Labute approximate surface area is 181 Å². The SMILES string of the molecule is NC(=O)N[C@H](CC(=O)N1CCc2ccccc2C1)c1cccc(Oc2ccccc2)c1. The van der Waals surface area contributed by atoms with Gasteiger partial charge in [0.1, 0.15) is 11.5 Å². The van der Waals surface area contributed by atoms with Gasteiger partial charge in [-0.2, -0.15) is 0 Å². The Morgan fingerprint density at radius 1 is 0.935 bits per heavy atom. The molecule has 0 spiro atoms. The monoisotopic (exact) mass is 415 g/mol. The van der Waals surface area contributed by atoms with Crippen molar-refractivity contribution in [2.75, 3.05) is 6.54 Å². The molecule has 0 aliphatic carbocycles. The molecule has 0 saturated heterocycles. The molecule has 6 heteroatoms. The van der Waals surface area contributed by atoms with Gasteiger partial charge < -0.3 is 20.7 Å². The minimum atomic E-state index is -0.670. The van der Waals surface area contributed by atoms with Crippen LogP contribution in [0, 0.1) is 0 Å². The normalized spacial score (nSPS) is 13.7. The molecule has 0 aromatic heterocycles. The third kappa shape index (κ3) is 5.22. The largest absolute Gasteiger partial charge is 0.457 e. The van der Waals surface area contributed by atoms with Gasteiger partial charge in [0, 0.05) is 13.1 Å². The number of hydrogen-bond donors (Lipinski definition) is 2. The predicted molar refractivity (Wildman–Crippen MR) is 119 cm³/mol. The highest BCUT2D eigenvalue weighted by atomic mass is 16.5. The molecule has 158 valence electrons. The van der Waals surface area contributed by atoms with E-state index in [0.717, 1.165) is 12.0 Å². The van der Waals surface area contributed by atoms with Crippen molar-refractivity contribution in [3.8, 4) is 11.5 Å². The average Bonchev–Trinajstić information content (AvgIpc) is 2.79. The minimum Gasteiger partial charge on any atom is -0.457 e. The molecular formula is C25H25N3O3. The van der Waals surface area contributed by atoms with Gasteiger partial charge in [-0.3, -0.25) is 4.79 Å². The lowest BCUT2D eigenvalue weighted by Crippen LogP contribution is -2.40. The first kappa shape index (κ1) is 20.5. The van der Waals surface area contributed by atoms with Crippen molar-refractivity contribution in [2.24, 2.45) is 5.73 Å². The first-order valence-corrected chi connectivity index (χ1v) is 10.3. The number of nitrogens with zero attached hydrogens (tertiary/aromatic N) is 1. The fourth-order valence-electron chi connectivity index (χ4n) is 3.86. The lowest BCUT2D eigenvalue weighted by Gasteiger charge is -2.30. The Balaban J connectivity index is 1.49. The van der Waals surface area contributed by atoms with Gasteiger partial charge in [0.2, 0.25) is 5.91 Å². The van der Waals surface area contributed by atoms with Gasteiger partial charge in [-0.25, -0.2) is 4.79 Å². The maximum Gasteiger partial charge on any atom is 0.312 e. The lowest BCUT2D eigenvalue weighted by molar-refractivity contribution is -0.132. The molecule has 0 saturated carbocycles. The van der Waals surface area contributed by atoms with Crippen molar-refractivity contribution >= 4 is 11.9 Å². The smallest absolute Gasteiger partial charge is 0.312 e. The molecule has 1 atom stereocenters. The molecule has 1 aliphatic heterocycles. The van der Waals surface area contributed by atoms with Gasteiger partial charge in [-0.1, -0.05) is 54.6 Å². The van der Waals surface area contributed by atoms with Gasteiger partial charge in [-0.05, 0) is 47.4 Å². The van der Waals surface area contributed by atoms with Crippen LogP contribution in [0.25, 0.3) is 0 Å². The van der Waals surface area contributed by atoms with Gasteiger partial charge in [0.05, 0.1) is 12.5 Å². The Bertz CT molecular complexity index is 1070. The van der Waals surface area contributed by atoms with Crippen LogP contribution in [-0.2, 0) is 17.8 Å². The summed E-state index contributed by atoms with van der Waals surface area (Å²) in [6, 6.07) is 23.8. The highest BCUT2D eigenvalue weighted by Crippen LogP contribution is 2.27. The van der Waals surface area contributed by atoms with Gasteiger partial charge in [-0.15, -0.1) is 0 Å². The predicted octanol–water partition coefficient (Wildman–Crippen LogP) is 4.16. The molecule has 3 aromatic rings. The number of nitrogens with one attached hydrogen (secondary N) is 1. The topological polar surface area (TPSA) is 84.7 Å². The summed E-state index contributed by atoms with van der Waals surface area (Å²) in [5, 5.41) is 2.71. The van der Waals surface area contributed by atoms with E-state index in [9.17, 15) is 9.59 Å². The van der Waals surface area contributed by atoms with Crippen LogP contribution in [0.1, 0.15) is 29.2 Å². The van der Waals surface area contributed by atoms with Crippen molar-refractivity contribution in [1.29, 1.82) is 0 Å². The molecule has 3 N–H and O–H groups in total. The summed E-state index contributed by atoms with van der Waals surface area (Å²) in [5.41, 5.74) is 8.61. The quantitative estimate of drug-likeness (QED) is 0.634. The first-order chi connectivity index (χ1) is 15.1. The van der Waals surface area contributed by atoms with Gasteiger partial charge in [0.15, 0.2) is 0 Å². The number of nitrogens with two attached hydrogens (primary N) is 1. The number of primary amides is 1. The summed E-state index contributed by atoms with van der Waals surface area (Å²) in [6.07, 6.45) is 0.954. The molecule has 1 heterocycles. The number of rotatable bonds is 6. The summed E-state index contributed by atoms with van der Waals surface area (Å²) in [4.78, 5) is 26.5. The third-order valence-corrected chi connectivity index (χ3v) is 5.42. The van der Waals surface area contributed by atoms with Crippen LogP contribution < -0.4 is 15.8 Å². The van der Waals surface area contributed by atoms with E-state index in [-0.39, 0.29) is 12.3 Å². The number of carbonyl (C=O) groups excluding carboxylic acids is 2. The number of fused-ring (bicyclic) bond motifs is 1. The van der Waals surface area contributed by atoms with Gasteiger partial charge in [0.25, 0.3) is 0 Å². The number of hydrogen-bond acceptors (Lipinski definition) is 3. The number of ether oxygens (including phenoxy) is 1. The van der Waals surface area contributed by atoms with Crippen molar-refractivity contribution in [1.82, 2.24) is 10.2 Å². The summed E-state index contributed by atoms with van der Waals surface area (Å²) in [5.74, 6) is 1.31. The molecule has 0 bridgehead atoms. The molecule has 3 aromatic carbocycles. The summed E-state index contributed by atoms with van der Waals surface area (Å²) >= 11 is 0. The first-order valence-electron chi connectivity index (χ1n) is 10.3. The molecule has 31 heavy (non-hydrogen) atoms. The molecule has 4 rings (SSSR count). The zero-order valence-corrected chi connectivity index (χ0v) is 17.2. The maximum absolute atomic E-state index is 13.1. The lowest BCUT2D eigenvalue weighted by atomic mass is 9.98. The van der Waals surface area contributed by atoms with Crippen LogP contribution in [0.3, 0.4) is 0 Å². The van der Waals surface area contributed by atoms with E-state index in [1.165, 1.54) is 11.1 Å². The Kier molecular flexibility index (Phi) is 6.17. The number of amides is 3. The van der Waals surface area contributed by atoms with Crippen LogP contribution >= 0.6 is 0 Å². The van der Waals surface area contributed by atoms with E-state index in [2.05, 4.69) is 17.4 Å². The number of benzene rings is 3. The molecule has 6 nitrogen and oxygen atoms in total. The molecule has 3 amide bonds. The summed E-state index contributed by atoms with van der Waals surface area (Å²) < 4.78 is 5.90. The Hall–Kier alpha value is -3.80. The third-order valence-electron chi connectivity index (χ3n) is 5.42. The van der Waals surface area contributed by atoms with Crippen LogP contribution in [0.4, 0.5) is 4.79 Å². The Morgan fingerprint density at radius 3 is 2.42 bits per heavy atom. The fraction of sp³-hybridized carbons (Fsp3) is 0.200. The van der Waals surface area contributed by atoms with E-state index >= 15 is 0 Å². The van der Waals surface area contributed by atoms with Crippen molar-refractivity contribution in [3.05, 3.63) is 95.6 Å². The average molecular weight is 415 g/mol. The van der Waals surface area contributed by atoms with Crippen molar-refractivity contribution in [2.45, 2.75) is 25.4 Å². The second-order valence-corrected chi connectivity index (χ2v) is 7.59. The molecule has 0 fully saturated rings. The number of carbonyl (C=O) groups is 2. The van der Waals surface area contributed by atoms with E-state index in [4.69, 9.17) is 10.5 Å². The van der Waals surface area contributed by atoms with Crippen molar-refractivity contribution in [3.63, 3.8) is 0 Å². The van der Waals surface area contributed by atoms with E-state index in [0.29, 0.717) is 24.6 Å². The van der Waals surface area contributed by atoms with Crippen LogP contribution in [0.2, 0.25) is 0 Å². The summed E-state index contributed by atoms with van der Waals surface area (Å²) in [7, 11) is 0. The fourth-order valence-corrected chi connectivity index (χ4v) is 3.86. The maximum atomic E-state index is 13.1. The zero-order chi connectivity index (χ0) is 21.6. The highest BCUT2D eigenvalue weighted by molar-refractivity contribution is 5.79. The molecule has 0 radical (unpaired) electrons. The number of urea groups is 1. The standard InChI is InChI=1S/C25H25N3O3/c26-25(30)27-23(16-24(29)28-14-13-18-7-4-5-8-20(18)17-28)19-9-6-12-22(15-19)31-21-10-2-1-3-11-21/h1-12,15,23H,13-14,16-17H2,(H3,26,27,30)/t23-/m1/s1. The van der Waals surface area contributed by atoms with E-state index < -0.39 is 12.1 Å². The molecule has 1 aliphatic rings. The Morgan fingerprint density at radius 2 is 1.65 bits per heavy atom. The van der Waals surface area contributed by atoms with Crippen LogP contribution in [0.15, 0.2) is 78.9 Å². The molecular weight excluding hydrogens is 390 g/mol. The van der Waals surface area contributed by atoms with Gasteiger partial charge >= 0.3 is 6.03 Å². The second kappa shape index (κ2) is 9.34. The van der Waals surface area contributed by atoms with Crippen LogP contribution in [-0.4, -0.2) is 23.4 Å². The number of para-hydroxylation sites is 1. The highest BCUT2D eigenvalue weighted by Gasteiger charge is 2.25. The van der Waals surface area contributed by atoms with E-state index in [1.54, 1.807) is 0 Å².